The third-order valence-electron chi connectivity index (χ3n) is 2.92. The minimum Gasteiger partial charge on any atom is -0.340 e. The summed E-state index contributed by atoms with van der Waals surface area (Å²) in [4.78, 5) is 16.2. The van der Waals surface area contributed by atoms with Crippen LogP contribution in [0, 0.1) is 0 Å². The number of halogens is 1. The summed E-state index contributed by atoms with van der Waals surface area (Å²) < 4.78 is 1.82. The number of carbonyl (C=O) groups excluding carboxylic acids is 1. The number of carbonyl (C=O) groups is 1. The zero-order chi connectivity index (χ0) is 13.4. The Labute approximate surface area is 118 Å². The molecule has 96 valence electrons. The van der Waals surface area contributed by atoms with Crippen molar-refractivity contribution in [2.75, 3.05) is 5.32 Å². The van der Waals surface area contributed by atoms with E-state index in [0.717, 1.165) is 10.9 Å². The van der Waals surface area contributed by atoms with Gasteiger partial charge >= 0.3 is 0 Å². The highest BCUT2D eigenvalue weighted by atomic mass is 35.5. The Morgan fingerprint density at radius 2 is 2.32 bits per heavy atom. The van der Waals surface area contributed by atoms with Gasteiger partial charge in [0.15, 0.2) is 5.13 Å². The number of fused-ring (bicyclic) bond motifs is 1. The molecule has 0 fully saturated rings. The van der Waals surface area contributed by atoms with Gasteiger partial charge in [0, 0.05) is 34.6 Å². The number of nitrogens with one attached hydrogen (secondary N) is 1. The van der Waals surface area contributed by atoms with Gasteiger partial charge in [-0.05, 0) is 18.2 Å². The smallest absolute Gasteiger partial charge is 0.274 e. The lowest BCUT2D eigenvalue weighted by Gasteiger charge is -2.03. The molecule has 1 N–H and O–H groups in total. The van der Waals surface area contributed by atoms with Gasteiger partial charge < -0.3 is 4.57 Å². The van der Waals surface area contributed by atoms with Gasteiger partial charge in [-0.1, -0.05) is 17.7 Å². The maximum atomic E-state index is 12.2. The van der Waals surface area contributed by atoms with Crippen LogP contribution in [0.5, 0.6) is 0 Å². The van der Waals surface area contributed by atoms with Gasteiger partial charge in [-0.2, -0.15) is 0 Å². The van der Waals surface area contributed by atoms with Crippen LogP contribution in [0.3, 0.4) is 0 Å². The SMILES string of the molecule is Cn1c(C(=O)Nc2nccs2)cc2c(Cl)cccc21. The fourth-order valence-electron chi connectivity index (χ4n) is 1.99. The second kappa shape index (κ2) is 4.68. The van der Waals surface area contributed by atoms with Crippen molar-refractivity contribution in [3.8, 4) is 0 Å². The number of nitrogens with zero attached hydrogens (tertiary/aromatic N) is 2. The van der Waals surface area contributed by atoms with E-state index >= 15 is 0 Å². The van der Waals surface area contributed by atoms with Gasteiger partial charge in [-0.25, -0.2) is 4.98 Å². The molecule has 3 aromatic rings. The van der Waals surface area contributed by atoms with E-state index in [1.54, 1.807) is 12.3 Å². The zero-order valence-corrected chi connectivity index (χ0v) is 11.6. The summed E-state index contributed by atoms with van der Waals surface area (Å²) >= 11 is 7.52. The lowest BCUT2D eigenvalue weighted by molar-refractivity contribution is 0.101. The Kier molecular flexibility index (Phi) is 3.00. The van der Waals surface area contributed by atoms with Gasteiger partial charge in [0.2, 0.25) is 0 Å². The van der Waals surface area contributed by atoms with Crippen LogP contribution in [0.1, 0.15) is 10.5 Å². The van der Waals surface area contributed by atoms with Crippen LogP contribution in [0.4, 0.5) is 5.13 Å². The van der Waals surface area contributed by atoms with E-state index in [-0.39, 0.29) is 5.91 Å². The van der Waals surface area contributed by atoms with E-state index in [9.17, 15) is 4.79 Å². The third kappa shape index (κ3) is 2.11. The monoisotopic (exact) mass is 291 g/mol. The number of aromatic nitrogens is 2. The molecule has 0 unspecified atom stereocenters. The van der Waals surface area contributed by atoms with E-state index in [1.807, 2.05) is 35.2 Å². The standard InChI is InChI=1S/C13H10ClN3OS/c1-17-10-4-2-3-9(14)8(10)7-11(17)12(18)16-13-15-5-6-19-13/h2-7H,1H3,(H,15,16,18). The first-order valence-electron chi connectivity index (χ1n) is 5.61. The van der Waals surface area contributed by atoms with Crippen LogP contribution in [-0.2, 0) is 7.05 Å². The fraction of sp³-hybridized carbons (Fsp3) is 0.0769. The van der Waals surface area contributed by atoms with Gasteiger partial charge in [0.25, 0.3) is 5.91 Å². The molecule has 3 rings (SSSR count). The van der Waals surface area contributed by atoms with Gasteiger partial charge in [0.05, 0.1) is 0 Å². The number of amides is 1. The van der Waals surface area contributed by atoms with Crippen LogP contribution in [-0.4, -0.2) is 15.5 Å². The number of thiazole rings is 1. The number of hydrogen-bond donors (Lipinski definition) is 1. The van der Waals surface area contributed by atoms with Crippen LogP contribution in [0.2, 0.25) is 5.02 Å². The number of rotatable bonds is 2. The summed E-state index contributed by atoms with van der Waals surface area (Å²) in [6.45, 7) is 0. The van der Waals surface area contributed by atoms with E-state index in [1.165, 1.54) is 11.3 Å². The van der Waals surface area contributed by atoms with E-state index in [4.69, 9.17) is 11.6 Å². The maximum Gasteiger partial charge on any atom is 0.274 e. The predicted molar refractivity (Wildman–Crippen MR) is 78.0 cm³/mol. The minimum absolute atomic E-state index is 0.190. The lowest BCUT2D eigenvalue weighted by atomic mass is 10.2. The summed E-state index contributed by atoms with van der Waals surface area (Å²) in [6, 6.07) is 7.40. The van der Waals surface area contributed by atoms with Crippen LogP contribution in [0.15, 0.2) is 35.8 Å². The summed E-state index contributed by atoms with van der Waals surface area (Å²) in [5.74, 6) is -0.190. The molecule has 0 aliphatic carbocycles. The lowest BCUT2D eigenvalue weighted by Crippen LogP contribution is -2.15. The van der Waals surface area contributed by atoms with Crippen LogP contribution >= 0.6 is 22.9 Å². The molecule has 1 amide bonds. The van der Waals surface area contributed by atoms with Gasteiger partial charge in [0.1, 0.15) is 5.69 Å². The number of aryl methyl sites for hydroxylation is 1. The van der Waals surface area contributed by atoms with Crippen molar-refractivity contribution in [3.05, 3.63) is 46.6 Å². The number of hydrogen-bond acceptors (Lipinski definition) is 3. The molecule has 6 heteroatoms. The van der Waals surface area contributed by atoms with Crippen LogP contribution in [0.25, 0.3) is 10.9 Å². The topological polar surface area (TPSA) is 46.9 Å². The molecule has 0 spiro atoms. The van der Waals surface area contributed by atoms with E-state index in [2.05, 4.69) is 10.3 Å². The van der Waals surface area contributed by atoms with Crippen molar-refractivity contribution in [1.82, 2.24) is 9.55 Å². The Hall–Kier alpha value is -1.85. The van der Waals surface area contributed by atoms with Crippen molar-refractivity contribution in [1.29, 1.82) is 0 Å². The van der Waals surface area contributed by atoms with Crippen molar-refractivity contribution in [2.24, 2.45) is 7.05 Å². The highest BCUT2D eigenvalue weighted by Crippen LogP contribution is 2.26. The van der Waals surface area contributed by atoms with Crippen molar-refractivity contribution in [3.63, 3.8) is 0 Å². The zero-order valence-electron chi connectivity index (χ0n) is 10.1. The highest BCUT2D eigenvalue weighted by molar-refractivity contribution is 7.13. The molecule has 1 aromatic carbocycles. The summed E-state index contributed by atoms with van der Waals surface area (Å²) in [7, 11) is 1.84. The van der Waals surface area contributed by atoms with Gasteiger partial charge in [-0.15, -0.1) is 11.3 Å². The van der Waals surface area contributed by atoms with Crippen molar-refractivity contribution in [2.45, 2.75) is 0 Å². The first kappa shape index (κ1) is 12.2. The second-order valence-electron chi connectivity index (χ2n) is 4.05. The Morgan fingerprint density at radius 3 is 3.00 bits per heavy atom. The van der Waals surface area contributed by atoms with Crippen molar-refractivity contribution < 1.29 is 4.79 Å². The molecule has 0 saturated heterocycles. The Balaban J connectivity index is 2.03. The fourth-order valence-corrected chi connectivity index (χ4v) is 2.74. The van der Waals surface area contributed by atoms with Crippen LogP contribution < -0.4 is 5.32 Å². The number of anilines is 1. The summed E-state index contributed by atoms with van der Waals surface area (Å²) in [5, 5.41) is 6.67. The van der Waals surface area contributed by atoms with E-state index in [0.29, 0.717) is 15.8 Å². The molecule has 0 bridgehead atoms. The molecule has 19 heavy (non-hydrogen) atoms. The highest BCUT2D eigenvalue weighted by Gasteiger charge is 2.15. The van der Waals surface area contributed by atoms with Crippen molar-refractivity contribution >= 4 is 44.9 Å². The van der Waals surface area contributed by atoms with E-state index < -0.39 is 0 Å². The molecule has 2 aromatic heterocycles. The minimum atomic E-state index is -0.190. The Morgan fingerprint density at radius 1 is 1.47 bits per heavy atom. The summed E-state index contributed by atoms with van der Waals surface area (Å²) in [5.41, 5.74) is 1.48. The molecule has 4 nitrogen and oxygen atoms in total. The normalized spacial score (nSPS) is 10.8. The average Bonchev–Trinajstić information content (AvgIpc) is 2.99. The maximum absolute atomic E-state index is 12.2. The molecular formula is C13H10ClN3OS. The summed E-state index contributed by atoms with van der Waals surface area (Å²) in [6.07, 6.45) is 1.65. The first-order chi connectivity index (χ1) is 9.16. The van der Waals surface area contributed by atoms with Gasteiger partial charge in [-0.3, -0.25) is 10.1 Å². The molecule has 0 radical (unpaired) electrons. The predicted octanol–water partition coefficient (Wildman–Crippen LogP) is 3.54. The average molecular weight is 292 g/mol. The largest absolute Gasteiger partial charge is 0.340 e. The third-order valence-corrected chi connectivity index (χ3v) is 3.94. The molecule has 0 aliphatic rings. The first-order valence-corrected chi connectivity index (χ1v) is 6.87. The number of benzene rings is 1. The molecule has 0 atom stereocenters. The molecule has 2 heterocycles. The molecule has 0 aliphatic heterocycles. The molecule has 0 saturated carbocycles. The quantitative estimate of drug-likeness (QED) is 0.785. The molecular weight excluding hydrogens is 282 g/mol. The Bertz CT molecular complexity index is 749. The second-order valence-corrected chi connectivity index (χ2v) is 5.35.